The number of para-hydroxylation sites is 7. The molecule has 29 rings (SSSR count). The van der Waals surface area contributed by atoms with Crippen molar-refractivity contribution in [3.63, 3.8) is 0 Å². The summed E-state index contributed by atoms with van der Waals surface area (Å²) in [4.78, 5) is 0. The van der Waals surface area contributed by atoms with Gasteiger partial charge in [0.15, 0.2) is 0 Å². The molecule has 6 heterocycles. The van der Waals surface area contributed by atoms with Gasteiger partial charge in [0.1, 0.15) is 0 Å². The van der Waals surface area contributed by atoms with E-state index in [2.05, 4.69) is 549 Å². The molecular formula is C132H86N6. The average molecular weight is 1760 g/mol. The van der Waals surface area contributed by atoms with Crippen LogP contribution in [0, 0.1) is 0 Å². The van der Waals surface area contributed by atoms with Crippen LogP contribution in [0.3, 0.4) is 0 Å². The van der Waals surface area contributed by atoms with Crippen LogP contribution in [0.4, 0.5) is 0 Å². The molecule has 0 saturated heterocycles. The van der Waals surface area contributed by atoms with Crippen molar-refractivity contribution in [3.8, 4) is 89.8 Å². The van der Waals surface area contributed by atoms with Crippen LogP contribution in [0.5, 0.6) is 0 Å². The van der Waals surface area contributed by atoms with Crippen LogP contribution in [0.15, 0.2) is 522 Å². The van der Waals surface area contributed by atoms with E-state index in [1.807, 2.05) is 0 Å². The molecule has 0 bridgehead atoms. The molecule has 29 aromatic rings. The van der Waals surface area contributed by atoms with Gasteiger partial charge in [-0.3, -0.25) is 0 Å². The maximum absolute atomic E-state index is 2.40. The molecule has 138 heavy (non-hydrogen) atoms. The van der Waals surface area contributed by atoms with Crippen molar-refractivity contribution < 1.29 is 0 Å². The van der Waals surface area contributed by atoms with Gasteiger partial charge in [-0.2, -0.15) is 0 Å². The molecule has 644 valence electrons. The monoisotopic (exact) mass is 1750 g/mol. The minimum Gasteiger partial charge on any atom is -0.309 e. The third-order valence-electron chi connectivity index (χ3n) is 28.5. The van der Waals surface area contributed by atoms with E-state index in [1.165, 1.54) is 247 Å². The van der Waals surface area contributed by atoms with Crippen molar-refractivity contribution in [2.24, 2.45) is 0 Å². The van der Waals surface area contributed by atoms with E-state index < -0.39 is 0 Å². The van der Waals surface area contributed by atoms with E-state index in [0.29, 0.717) is 0 Å². The highest BCUT2D eigenvalue weighted by molar-refractivity contribution is 6.18. The zero-order chi connectivity index (χ0) is 90.8. The van der Waals surface area contributed by atoms with Crippen LogP contribution in [0.25, 0.3) is 253 Å². The van der Waals surface area contributed by atoms with E-state index in [-0.39, 0.29) is 0 Å². The summed E-state index contributed by atoms with van der Waals surface area (Å²) in [6, 6.07) is 190. The first-order valence-corrected chi connectivity index (χ1v) is 47.5. The van der Waals surface area contributed by atoms with Gasteiger partial charge in [0.05, 0.1) is 66.2 Å². The van der Waals surface area contributed by atoms with Crippen molar-refractivity contribution in [2.75, 3.05) is 0 Å². The maximum Gasteiger partial charge on any atom is 0.0541 e. The summed E-state index contributed by atoms with van der Waals surface area (Å²) in [5, 5.41) is 22.7. The molecule has 0 radical (unpaired) electrons. The van der Waals surface area contributed by atoms with Gasteiger partial charge >= 0.3 is 0 Å². The summed E-state index contributed by atoms with van der Waals surface area (Å²) in [5.41, 5.74) is 33.9. The van der Waals surface area contributed by atoms with Crippen LogP contribution < -0.4 is 0 Å². The Hall–Kier alpha value is -18.4. The predicted molar refractivity (Wildman–Crippen MR) is 585 cm³/mol. The van der Waals surface area contributed by atoms with Gasteiger partial charge in [0, 0.05) is 98.8 Å². The fourth-order valence-corrected chi connectivity index (χ4v) is 22.0. The van der Waals surface area contributed by atoms with Gasteiger partial charge in [0.25, 0.3) is 0 Å². The fourth-order valence-electron chi connectivity index (χ4n) is 22.0. The van der Waals surface area contributed by atoms with Gasteiger partial charge in [-0.15, -0.1) is 0 Å². The third-order valence-corrected chi connectivity index (χ3v) is 28.5. The fraction of sp³-hybridized carbons (Fsp3) is 0. The minimum atomic E-state index is 1.16. The number of hydrogen-bond acceptors (Lipinski definition) is 0. The molecule has 0 amide bonds. The van der Waals surface area contributed by atoms with Crippen LogP contribution >= 0.6 is 0 Å². The molecular weight excluding hydrogens is 1670 g/mol. The smallest absolute Gasteiger partial charge is 0.0541 e. The van der Waals surface area contributed by atoms with Crippen LogP contribution in [-0.4, -0.2) is 27.4 Å². The van der Waals surface area contributed by atoms with Gasteiger partial charge in [-0.25, -0.2) is 0 Å². The highest BCUT2D eigenvalue weighted by Gasteiger charge is 2.23. The molecule has 0 atom stereocenters. The summed E-state index contributed by atoms with van der Waals surface area (Å²) in [6.07, 6.45) is 0. The van der Waals surface area contributed by atoms with E-state index in [0.717, 1.165) is 5.69 Å². The Morgan fingerprint density at radius 1 is 0.0870 bits per heavy atom. The number of rotatable bonds is 11. The number of aromatic nitrogens is 6. The van der Waals surface area contributed by atoms with Gasteiger partial charge in [-0.1, -0.05) is 340 Å². The number of nitrogens with zero attached hydrogens (tertiary/aromatic N) is 6. The van der Waals surface area contributed by atoms with Crippen molar-refractivity contribution in [1.29, 1.82) is 0 Å². The Labute approximate surface area is 796 Å². The Morgan fingerprint density at radius 3 is 0.565 bits per heavy atom. The molecule has 6 aromatic heterocycles. The van der Waals surface area contributed by atoms with Gasteiger partial charge in [-0.05, 0) is 270 Å². The molecule has 23 aromatic carbocycles. The van der Waals surface area contributed by atoms with Crippen LogP contribution in [0.2, 0.25) is 0 Å². The zero-order valence-corrected chi connectivity index (χ0v) is 75.3. The highest BCUT2D eigenvalue weighted by Crippen LogP contribution is 2.46. The molecule has 0 fully saturated rings. The first-order chi connectivity index (χ1) is 68.4. The van der Waals surface area contributed by atoms with E-state index in [9.17, 15) is 0 Å². The molecule has 0 aliphatic rings. The predicted octanol–water partition coefficient (Wildman–Crippen LogP) is 35.4. The van der Waals surface area contributed by atoms with Crippen molar-refractivity contribution in [3.05, 3.63) is 522 Å². The average Bonchev–Trinajstić information content (AvgIpc) is 1.59. The van der Waals surface area contributed by atoms with E-state index in [1.54, 1.807) is 0 Å². The standard InChI is InChI=1S/2C46H30N2.C40H26N2/c1-2-11-31(12-3-1)34-15-10-16-37(27-34)47-43-19-8-6-17-39(43)41-29-35(22-25-45(41)47)36-23-26-46-42(30-36)40-18-7-9-20-44(40)48(46)38-24-21-32-13-4-5-14-33(32)28-38;1-2-10-31(11-3-1)33-18-23-37(24-19-33)47-43-16-8-6-14-39(43)41-29-35(21-26-45(41)47)36-22-27-46-42(30-36)40-15-7-9-17-44(40)48(46)38-25-20-32-12-4-5-13-34(32)28-38;1-2-12-31(13-3-1)41-37-16-8-6-14-33(37)35-25-29(19-22-39(35)41)30-20-23-40-36(26-30)34-15-7-9-17-38(34)42(40)32-21-18-27-10-4-5-11-28(27)24-32/h2*1-30H;1-26H. The topological polar surface area (TPSA) is 29.6 Å². The first-order valence-electron chi connectivity index (χ1n) is 47.5. The molecule has 0 aliphatic carbocycles. The Morgan fingerprint density at radius 2 is 0.268 bits per heavy atom. The summed E-state index contributed by atoms with van der Waals surface area (Å²) >= 11 is 0. The lowest BCUT2D eigenvalue weighted by Crippen LogP contribution is -1.94. The largest absolute Gasteiger partial charge is 0.309 e. The summed E-state index contributed by atoms with van der Waals surface area (Å²) in [7, 11) is 0. The SMILES string of the molecule is c1ccc(-c2ccc(-n3c4ccccc4c4cc(-c5ccc6c(c5)c5ccccc5n6-c5ccc6ccccc6c5)ccc43)cc2)cc1.c1ccc(-c2cccc(-n3c4ccccc4c4cc(-c5ccc6c(c5)c5ccccc5n6-c5ccc6ccccc6c5)ccc43)c2)cc1.c1ccc(-n2c3ccccc3c3cc(-c4ccc5c(c4)c4ccccc4n5-c4ccc5ccccc5c4)ccc32)cc1. The Bertz CT molecular complexity index is 9910. The summed E-state index contributed by atoms with van der Waals surface area (Å²) in [6.45, 7) is 0. The lowest BCUT2D eigenvalue weighted by Gasteiger charge is -2.11. The van der Waals surface area contributed by atoms with Crippen LogP contribution in [-0.2, 0) is 0 Å². The quantitative estimate of drug-likeness (QED) is 0.124. The van der Waals surface area contributed by atoms with Crippen molar-refractivity contribution in [1.82, 2.24) is 27.4 Å². The van der Waals surface area contributed by atoms with E-state index in [4.69, 9.17) is 0 Å². The summed E-state index contributed by atoms with van der Waals surface area (Å²) < 4.78 is 14.4. The normalized spacial score (nSPS) is 11.8. The lowest BCUT2D eigenvalue weighted by molar-refractivity contribution is 1.18. The number of fused-ring (bicyclic) bond motifs is 21. The molecule has 0 spiro atoms. The second-order valence-corrected chi connectivity index (χ2v) is 36.3. The van der Waals surface area contributed by atoms with Crippen molar-refractivity contribution >= 4 is 163 Å². The number of benzene rings is 23. The third kappa shape index (κ3) is 13.4. The second kappa shape index (κ2) is 32.8. The van der Waals surface area contributed by atoms with Gasteiger partial charge < -0.3 is 27.4 Å². The Balaban J connectivity index is 0.000000105. The second-order valence-electron chi connectivity index (χ2n) is 36.3. The lowest BCUT2D eigenvalue weighted by atomic mass is 10.0. The zero-order valence-electron chi connectivity index (χ0n) is 75.3. The van der Waals surface area contributed by atoms with Crippen molar-refractivity contribution in [2.45, 2.75) is 0 Å². The maximum atomic E-state index is 2.40. The summed E-state index contributed by atoms with van der Waals surface area (Å²) in [5.74, 6) is 0. The van der Waals surface area contributed by atoms with Gasteiger partial charge in [0.2, 0.25) is 0 Å². The molecule has 0 N–H and O–H groups in total. The van der Waals surface area contributed by atoms with E-state index >= 15 is 0 Å². The molecule has 6 nitrogen and oxygen atoms in total. The molecule has 0 unspecified atom stereocenters. The Kier molecular flexibility index (Phi) is 18.9. The molecule has 0 aliphatic heterocycles. The minimum absolute atomic E-state index is 1.16. The van der Waals surface area contributed by atoms with Crippen LogP contribution in [0.1, 0.15) is 0 Å². The molecule has 0 saturated carbocycles. The highest BCUT2D eigenvalue weighted by atomic mass is 15.0. The first kappa shape index (κ1) is 79.4. The molecule has 6 heteroatoms. The number of hydrogen-bond donors (Lipinski definition) is 0.